The first-order chi connectivity index (χ1) is 18.0. The average molecular weight is 518 g/mol. The van der Waals surface area contributed by atoms with Crippen LogP contribution in [0.5, 0.6) is 0 Å². The van der Waals surface area contributed by atoms with Gasteiger partial charge in [0.05, 0.1) is 22.4 Å². The van der Waals surface area contributed by atoms with Crippen molar-refractivity contribution in [2.45, 2.75) is 64.9 Å². The maximum atomic E-state index is 13.6. The number of carbonyl (C=O) groups excluding carboxylic acids is 2. The molecule has 1 N–H and O–H groups in total. The zero-order valence-electron chi connectivity index (χ0n) is 22.5. The zero-order chi connectivity index (χ0) is 27.0. The largest absolute Gasteiger partial charge is 0.457 e. The van der Waals surface area contributed by atoms with Crippen molar-refractivity contribution >= 4 is 11.8 Å². The van der Waals surface area contributed by atoms with Crippen LogP contribution in [-0.4, -0.2) is 43.0 Å². The van der Waals surface area contributed by atoms with Gasteiger partial charge in [-0.3, -0.25) is 19.1 Å². The van der Waals surface area contributed by atoms with Crippen molar-refractivity contribution in [2.24, 2.45) is 24.3 Å². The topological polar surface area (TPSA) is 95.5 Å². The minimum Gasteiger partial charge on any atom is -0.457 e. The lowest BCUT2D eigenvalue weighted by Crippen LogP contribution is -2.58. The monoisotopic (exact) mass is 517 g/mol. The van der Waals surface area contributed by atoms with Crippen LogP contribution in [-0.2, 0) is 16.6 Å². The van der Waals surface area contributed by atoms with E-state index in [0.29, 0.717) is 35.2 Å². The van der Waals surface area contributed by atoms with E-state index in [4.69, 9.17) is 4.74 Å². The minimum absolute atomic E-state index is 0.178. The number of hydrogen-bond donors (Lipinski definition) is 1. The fourth-order valence-corrected chi connectivity index (χ4v) is 8.02. The number of aryl methyl sites for hydroxylation is 1. The van der Waals surface area contributed by atoms with Gasteiger partial charge in [0.2, 0.25) is 5.78 Å². The summed E-state index contributed by atoms with van der Waals surface area (Å²) in [5, 5.41) is 11.0. The molecule has 8 nitrogen and oxygen atoms in total. The van der Waals surface area contributed by atoms with Gasteiger partial charge in [0, 0.05) is 24.0 Å². The number of esters is 1. The second-order valence-electron chi connectivity index (χ2n) is 12.0. The Hall–Kier alpha value is -3.39. The average Bonchev–Trinajstić information content (AvgIpc) is 3.26. The first-order valence-electron chi connectivity index (χ1n) is 13.5. The molecule has 200 valence electrons. The molecule has 4 aliphatic rings. The van der Waals surface area contributed by atoms with Gasteiger partial charge in [0.25, 0.3) is 5.56 Å². The normalized spacial score (nSPS) is 27.6. The van der Waals surface area contributed by atoms with E-state index in [1.54, 1.807) is 10.7 Å². The SMILES string of the molecule is Cc1cc(C(=O)COC(=O)C23C[C@@H]4C[C@@H](CC(O)(C4)C2)C3)c(C)n1-c1c(C)n(C)n(-c2ccccc2)c1=O. The molecule has 0 amide bonds. The fraction of sp³-hybridized carbons (Fsp3) is 0.500. The van der Waals surface area contributed by atoms with Gasteiger partial charge >= 0.3 is 5.97 Å². The van der Waals surface area contributed by atoms with E-state index in [1.807, 2.05) is 67.4 Å². The van der Waals surface area contributed by atoms with Gasteiger partial charge in [-0.05, 0) is 89.3 Å². The molecule has 7 rings (SSSR count). The maximum Gasteiger partial charge on any atom is 0.312 e. The molecule has 0 aliphatic heterocycles. The van der Waals surface area contributed by atoms with Gasteiger partial charge in [0.15, 0.2) is 6.61 Å². The molecule has 38 heavy (non-hydrogen) atoms. The second kappa shape index (κ2) is 8.56. The van der Waals surface area contributed by atoms with Gasteiger partial charge in [0.1, 0.15) is 5.69 Å². The summed E-state index contributed by atoms with van der Waals surface area (Å²) in [5.41, 5.74) is 2.24. The minimum atomic E-state index is -0.766. The van der Waals surface area contributed by atoms with Crippen molar-refractivity contribution in [3.63, 3.8) is 0 Å². The van der Waals surface area contributed by atoms with Crippen LogP contribution >= 0.6 is 0 Å². The third kappa shape index (κ3) is 3.72. The number of para-hydroxylation sites is 1. The van der Waals surface area contributed by atoms with E-state index in [-0.39, 0.29) is 23.9 Å². The quantitative estimate of drug-likeness (QED) is 0.395. The van der Waals surface area contributed by atoms with Gasteiger partial charge in [-0.2, -0.15) is 0 Å². The molecular formula is C30H35N3O5. The third-order valence-corrected chi connectivity index (χ3v) is 9.28. The summed E-state index contributed by atoms with van der Waals surface area (Å²) in [7, 11) is 1.84. The van der Waals surface area contributed by atoms with Crippen molar-refractivity contribution in [1.29, 1.82) is 0 Å². The predicted molar refractivity (Wildman–Crippen MR) is 142 cm³/mol. The van der Waals surface area contributed by atoms with Crippen LogP contribution < -0.4 is 5.56 Å². The molecule has 2 heterocycles. The smallest absolute Gasteiger partial charge is 0.312 e. The Morgan fingerprint density at radius 3 is 2.32 bits per heavy atom. The summed E-state index contributed by atoms with van der Waals surface area (Å²) in [4.78, 5) is 40.2. The third-order valence-electron chi connectivity index (χ3n) is 9.28. The molecule has 1 aromatic carbocycles. The molecule has 0 saturated heterocycles. The number of aliphatic hydroxyl groups is 1. The molecule has 4 atom stereocenters. The second-order valence-corrected chi connectivity index (χ2v) is 12.0. The van der Waals surface area contributed by atoms with E-state index in [2.05, 4.69) is 0 Å². The van der Waals surface area contributed by atoms with Crippen molar-refractivity contribution in [2.75, 3.05) is 6.61 Å². The van der Waals surface area contributed by atoms with Crippen LogP contribution in [0.15, 0.2) is 41.2 Å². The van der Waals surface area contributed by atoms with Crippen LogP contribution in [0.25, 0.3) is 11.4 Å². The van der Waals surface area contributed by atoms with Crippen LogP contribution in [0, 0.1) is 38.0 Å². The van der Waals surface area contributed by atoms with Crippen LogP contribution in [0.3, 0.4) is 0 Å². The highest BCUT2D eigenvalue weighted by Crippen LogP contribution is 2.62. The molecule has 2 aromatic heterocycles. The Kier molecular flexibility index (Phi) is 5.61. The highest BCUT2D eigenvalue weighted by molar-refractivity contribution is 5.99. The molecule has 4 saturated carbocycles. The Balaban J connectivity index is 1.25. The highest BCUT2D eigenvalue weighted by atomic mass is 16.5. The summed E-state index contributed by atoms with van der Waals surface area (Å²) >= 11 is 0. The van der Waals surface area contributed by atoms with Crippen LogP contribution in [0.2, 0.25) is 0 Å². The molecule has 2 unspecified atom stereocenters. The standard InChI is InChI=1S/C30H35N3O5/c1-18-10-24(19(2)32(18)26-20(3)31(4)33(27(26)35)23-8-6-5-7-9-23)25(34)16-38-28(36)29-12-21-11-22(13-29)15-30(37,14-21)17-29/h5-10,21-22,37H,11-17H2,1-4H3/t21-,22+,29?,30?. The molecule has 4 bridgehead atoms. The van der Waals surface area contributed by atoms with Gasteiger partial charge in [-0.25, -0.2) is 4.68 Å². The fourth-order valence-electron chi connectivity index (χ4n) is 8.02. The number of rotatable bonds is 6. The Labute approximate surface area is 221 Å². The van der Waals surface area contributed by atoms with Gasteiger partial charge in [-0.1, -0.05) is 18.2 Å². The Morgan fingerprint density at radius 1 is 1.03 bits per heavy atom. The van der Waals surface area contributed by atoms with Crippen LogP contribution in [0.4, 0.5) is 0 Å². The molecule has 3 aromatic rings. The Bertz CT molecular complexity index is 1490. The van der Waals surface area contributed by atoms with Crippen molar-refractivity contribution < 1.29 is 19.4 Å². The summed E-state index contributed by atoms with van der Waals surface area (Å²) < 4.78 is 10.9. The van der Waals surface area contributed by atoms with E-state index in [0.717, 1.165) is 49.2 Å². The van der Waals surface area contributed by atoms with Crippen LogP contribution in [0.1, 0.15) is 66.0 Å². The molecular weight excluding hydrogens is 482 g/mol. The van der Waals surface area contributed by atoms with Crippen molar-refractivity contribution in [1.82, 2.24) is 13.9 Å². The lowest BCUT2D eigenvalue weighted by atomic mass is 9.48. The lowest BCUT2D eigenvalue weighted by Gasteiger charge is -2.58. The molecule has 4 aliphatic carbocycles. The number of aromatic nitrogens is 3. The maximum absolute atomic E-state index is 13.6. The predicted octanol–water partition coefficient (Wildman–Crippen LogP) is 3.95. The zero-order valence-corrected chi connectivity index (χ0v) is 22.5. The molecule has 0 radical (unpaired) electrons. The Morgan fingerprint density at radius 2 is 1.68 bits per heavy atom. The van der Waals surface area contributed by atoms with E-state index in [9.17, 15) is 19.5 Å². The number of Topliss-reactive ketones (excluding diaryl/α,β-unsaturated/α-hetero) is 1. The van der Waals surface area contributed by atoms with Gasteiger partial charge in [-0.15, -0.1) is 0 Å². The number of hydrogen-bond acceptors (Lipinski definition) is 5. The summed E-state index contributed by atoms with van der Waals surface area (Å²) in [6.45, 7) is 5.22. The molecule has 8 heteroatoms. The first kappa shape index (κ1) is 24.9. The van der Waals surface area contributed by atoms with Crippen molar-refractivity contribution in [3.8, 4) is 11.4 Å². The van der Waals surface area contributed by atoms with E-state index in [1.165, 1.54) is 0 Å². The number of carbonyl (C=O) groups is 2. The van der Waals surface area contributed by atoms with E-state index < -0.39 is 11.0 Å². The summed E-state index contributed by atoms with van der Waals surface area (Å²) in [6, 6.07) is 11.2. The van der Waals surface area contributed by atoms with E-state index >= 15 is 0 Å². The number of ether oxygens (including phenoxy) is 1. The molecule has 4 fully saturated rings. The lowest BCUT2D eigenvalue weighted by molar-refractivity contribution is -0.195. The highest BCUT2D eigenvalue weighted by Gasteiger charge is 2.61. The van der Waals surface area contributed by atoms with Crippen molar-refractivity contribution in [3.05, 3.63) is 69.4 Å². The number of ketones is 1. The number of benzene rings is 1. The summed E-state index contributed by atoms with van der Waals surface area (Å²) in [6.07, 6.45) is 4.55. The number of nitrogens with zero attached hydrogens (tertiary/aromatic N) is 3. The first-order valence-corrected chi connectivity index (χ1v) is 13.5. The van der Waals surface area contributed by atoms with Gasteiger partial charge < -0.3 is 14.4 Å². The molecule has 0 spiro atoms. The summed E-state index contributed by atoms with van der Waals surface area (Å²) in [5.74, 6) is 0.0740.